The summed E-state index contributed by atoms with van der Waals surface area (Å²) in [6.07, 6.45) is 5.21. The number of fused-ring (bicyclic) bond motifs is 4. The van der Waals surface area contributed by atoms with Crippen molar-refractivity contribution in [1.29, 1.82) is 0 Å². The average molecular weight is 358 g/mol. The Kier molecular flexibility index (Phi) is 4.52. The molecule has 0 radical (unpaired) electrons. The third kappa shape index (κ3) is 3.13. The Morgan fingerprint density at radius 1 is 1.08 bits per heavy atom. The Morgan fingerprint density at radius 2 is 1.85 bits per heavy atom. The molecule has 5 rings (SSSR count). The number of rotatable bonds is 2. The fourth-order valence-electron chi connectivity index (χ4n) is 4.13. The molecule has 1 aromatic rings. The second kappa shape index (κ2) is 6.83. The van der Waals surface area contributed by atoms with Crippen LogP contribution in [0.4, 0.5) is 5.82 Å². The number of hydrogen-bond acceptors (Lipinski definition) is 6. The molecule has 1 aromatic heterocycles. The summed E-state index contributed by atoms with van der Waals surface area (Å²) >= 11 is 0. The molecule has 8 nitrogen and oxygen atoms in total. The van der Waals surface area contributed by atoms with Gasteiger partial charge in [0.15, 0.2) is 0 Å². The van der Waals surface area contributed by atoms with Gasteiger partial charge in [0.25, 0.3) is 5.91 Å². The zero-order valence-corrected chi connectivity index (χ0v) is 15.5. The molecule has 26 heavy (non-hydrogen) atoms. The van der Waals surface area contributed by atoms with Crippen LogP contribution in [0.15, 0.2) is 12.4 Å². The topological polar surface area (TPSA) is 72.9 Å². The molecule has 4 aliphatic heterocycles. The van der Waals surface area contributed by atoms with Gasteiger partial charge in [-0.05, 0) is 19.9 Å². The van der Waals surface area contributed by atoms with E-state index in [9.17, 15) is 9.59 Å². The monoisotopic (exact) mass is 358 g/mol. The van der Waals surface area contributed by atoms with Gasteiger partial charge in [-0.2, -0.15) is 0 Å². The first-order valence-electron chi connectivity index (χ1n) is 9.34. The Balaban J connectivity index is 1.53. The van der Waals surface area contributed by atoms with Crippen LogP contribution in [-0.4, -0.2) is 95.9 Å². The molecule has 140 valence electrons. The summed E-state index contributed by atoms with van der Waals surface area (Å²) in [6, 6.07) is 0.208. The lowest BCUT2D eigenvalue weighted by Crippen LogP contribution is -2.47. The van der Waals surface area contributed by atoms with Gasteiger partial charge in [-0.25, -0.2) is 4.98 Å². The van der Waals surface area contributed by atoms with Gasteiger partial charge in [0.1, 0.15) is 11.5 Å². The minimum atomic E-state index is -0.0570. The average Bonchev–Trinajstić information content (AvgIpc) is 2.95. The van der Waals surface area contributed by atoms with Gasteiger partial charge < -0.3 is 19.6 Å². The fourth-order valence-corrected chi connectivity index (χ4v) is 4.13. The molecule has 0 saturated carbocycles. The van der Waals surface area contributed by atoms with Crippen molar-refractivity contribution in [2.45, 2.75) is 18.9 Å². The first-order valence-corrected chi connectivity index (χ1v) is 9.34. The Bertz CT molecular complexity index is 703. The zero-order valence-electron chi connectivity index (χ0n) is 15.5. The van der Waals surface area contributed by atoms with Crippen LogP contribution in [0.3, 0.4) is 0 Å². The highest BCUT2D eigenvalue weighted by molar-refractivity contribution is 5.92. The summed E-state index contributed by atoms with van der Waals surface area (Å²) in [5, 5.41) is 0. The molecule has 0 N–H and O–H groups in total. The number of amides is 2. The van der Waals surface area contributed by atoms with Crippen LogP contribution >= 0.6 is 0 Å². The minimum Gasteiger partial charge on any atom is -0.352 e. The molecule has 0 unspecified atom stereocenters. The largest absolute Gasteiger partial charge is 0.352 e. The smallest absolute Gasteiger partial charge is 0.274 e. The molecule has 2 bridgehead atoms. The Hall–Kier alpha value is -2.22. The van der Waals surface area contributed by atoms with E-state index in [1.807, 2.05) is 16.8 Å². The number of aromatic nitrogens is 2. The number of hydrogen-bond donors (Lipinski definition) is 0. The molecule has 4 fully saturated rings. The second-order valence-electron chi connectivity index (χ2n) is 7.64. The maximum atomic E-state index is 12.8. The predicted molar refractivity (Wildman–Crippen MR) is 96.9 cm³/mol. The third-order valence-electron chi connectivity index (χ3n) is 5.92. The van der Waals surface area contributed by atoms with E-state index in [1.54, 1.807) is 12.4 Å². The first-order chi connectivity index (χ1) is 12.5. The quantitative estimate of drug-likeness (QED) is 0.736. The molecule has 0 aliphatic carbocycles. The van der Waals surface area contributed by atoms with E-state index in [0.29, 0.717) is 31.1 Å². The van der Waals surface area contributed by atoms with Gasteiger partial charge in [-0.15, -0.1) is 0 Å². The van der Waals surface area contributed by atoms with Crippen molar-refractivity contribution in [3.8, 4) is 0 Å². The number of piperidine rings is 1. The van der Waals surface area contributed by atoms with E-state index in [1.165, 1.54) is 0 Å². The number of likely N-dealkylation sites (N-methyl/N-ethyl adjacent to an activating group) is 2. The lowest BCUT2D eigenvalue weighted by Gasteiger charge is -2.32. The summed E-state index contributed by atoms with van der Waals surface area (Å²) in [7, 11) is 3.95. The van der Waals surface area contributed by atoms with E-state index in [4.69, 9.17) is 0 Å². The van der Waals surface area contributed by atoms with Crippen LogP contribution in [-0.2, 0) is 4.79 Å². The van der Waals surface area contributed by atoms with Crippen LogP contribution in [0.2, 0.25) is 0 Å². The predicted octanol–water partition coefficient (Wildman–Crippen LogP) is -0.0788. The van der Waals surface area contributed by atoms with E-state index in [-0.39, 0.29) is 23.8 Å². The van der Waals surface area contributed by atoms with E-state index in [2.05, 4.69) is 26.8 Å². The van der Waals surface area contributed by atoms with Gasteiger partial charge in [0.05, 0.1) is 18.3 Å². The van der Waals surface area contributed by atoms with Gasteiger partial charge in [-0.1, -0.05) is 0 Å². The van der Waals surface area contributed by atoms with Crippen molar-refractivity contribution in [3.05, 3.63) is 18.1 Å². The van der Waals surface area contributed by atoms with Gasteiger partial charge >= 0.3 is 0 Å². The van der Waals surface area contributed by atoms with Crippen molar-refractivity contribution >= 4 is 17.6 Å². The lowest BCUT2D eigenvalue weighted by molar-refractivity contribution is -0.138. The maximum absolute atomic E-state index is 12.8. The van der Waals surface area contributed by atoms with Crippen molar-refractivity contribution < 1.29 is 9.59 Å². The zero-order chi connectivity index (χ0) is 18.3. The lowest BCUT2D eigenvalue weighted by atomic mass is 9.95. The number of anilines is 1. The van der Waals surface area contributed by atoms with Crippen LogP contribution in [0.1, 0.15) is 23.3 Å². The van der Waals surface area contributed by atoms with Crippen LogP contribution in [0.5, 0.6) is 0 Å². The molecule has 0 spiro atoms. The number of carbonyl (C=O) groups is 2. The van der Waals surface area contributed by atoms with Gasteiger partial charge in [-0.3, -0.25) is 14.6 Å². The number of piperazine rings is 1. The van der Waals surface area contributed by atoms with E-state index >= 15 is 0 Å². The Labute approximate surface area is 153 Å². The highest BCUT2D eigenvalue weighted by Crippen LogP contribution is 2.30. The molecule has 4 aliphatic rings. The summed E-state index contributed by atoms with van der Waals surface area (Å²) in [4.78, 5) is 42.1. The van der Waals surface area contributed by atoms with E-state index in [0.717, 1.165) is 32.5 Å². The van der Waals surface area contributed by atoms with Crippen LogP contribution < -0.4 is 4.90 Å². The molecular weight excluding hydrogens is 332 g/mol. The summed E-state index contributed by atoms with van der Waals surface area (Å²) in [5.41, 5.74) is 0.392. The van der Waals surface area contributed by atoms with Crippen molar-refractivity contribution in [2.75, 3.05) is 58.3 Å². The second-order valence-corrected chi connectivity index (χ2v) is 7.64. The molecule has 2 amide bonds. The van der Waals surface area contributed by atoms with Crippen molar-refractivity contribution in [1.82, 2.24) is 24.7 Å². The van der Waals surface area contributed by atoms with E-state index < -0.39 is 0 Å². The highest BCUT2D eigenvalue weighted by Gasteiger charge is 2.39. The summed E-state index contributed by atoms with van der Waals surface area (Å²) in [5.74, 6) is 0.877. The molecule has 8 heteroatoms. The van der Waals surface area contributed by atoms with Crippen molar-refractivity contribution in [2.24, 2.45) is 5.92 Å². The number of nitrogens with zero attached hydrogens (tertiary/aromatic N) is 6. The van der Waals surface area contributed by atoms with Crippen LogP contribution in [0, 0.1) is 5.92 Å². The molecule has 0 aromatic carbocycles. The SMILES string of the molecule is CN1CCN(C(=O)c2cncc(N3C[C@H]4CC[C@@H](C3)N(C)C4=O)n2)CC1. The molecule has 5 heterocycles. The molecule has 4 saturated heterocycles. The molecular formula is C18H26N6O2. The highest BCUT2D eigenvalue weighted by atomic mass is 16.2. The summed E-state index contributed by atoms with van der Waals surface area (Å²) < 4.78 is 0. The minimum absolute atomic E-state index is 0.0116. The van der Waals surface area contributed by atoms with Crippen LogP contribution in [0.25, 0.3) is 0 Å². The van der Waals surface area contributed by atoms with Gasteiger partial charge in [0, 0.05) is 52.4 Å². The standard InChI is InChI=1S/C18H26N6O2/c1-21-5-7-23(8-6-21)18(26)15-9-19-10-16(20-15)24-11-13-3-4-14(12-24)22(2)17(13)25/h9-10,13-14H,3-8,11-12H2,1-2H3/t13-,14+/m1/s1. The normalized spacial score (nSPS) is 27.0. The summed E-state index contributed by atoms with van der Waals surface area (Å²) in [6.45, 7) is 4.59. The maximum Gasteiger partial charge on any atom is 0.274 e. The van der Waals surface area contributed by atoms with Gasteiger partial charge in [0.2, 0.25) is 5.91 Å². The third-order valence-corrected chi connectivity index (χ3v) is 5.92. The fraction of sp³-hybridized carbons (Fsp3) is 0.667. The molecule has 2 atom stereocenters. The Morgan fingerprint density at radius 3 is 2.62 bits per heavy atom. The first kappa shape index (κ1) is 17.2. The number of carbonyl (C=O) groups excluding carboxylic acids is 2. The van der Waals surface area contributed by atoms with Crippen molar-refractivity contribution in [3.63, 3.8) is 0 Å².